The molecule has 1 aliphatic rings. The molecule has 0 aliphatic carbocycles. The number of ether oxygens (including phenoxy) is 1. The summed E-state index contributed by atoms with van der Waals surface area (Å²) in [5, 5.41) is 3.28. The third kappa shape index (κ3) is 4.03. The normalized spacial score (nSPS) is 13.3. The number of hydrogen-bond acceptors (Lipinski definition) is 5. The molecule has 3 aromatic rings. The van der Waals surface area contributed by atoms with Gasteiger partial charge in [0.2, 0.25) is 0 Å². The zero-order valence-electron chi connectivity index (χ0n) is 14.6. The lowest BCUT2D eigenvalue weighted by atomic mass is 10.0. The fourth-order valence-electron chi connectivity index (χ4n) is 2.97. The third-order valence-corrected chi connectivity index (χ3v) is 5.68. The van der Waals surface area contributed by atoms with Crippen molar-refractivity contribution in [3.63, 3.8) is 0 Å². The van der Waals surface area contributed by atoms with Crippen LogP contribution in [0.15, 0.2) is 71.9 Å². The van der Waals surface area contributed by atoms with E-state index in [9.17, 15) is 8.42 Å². The van der Waals surface area contributed by atoms with Gasteiger partial charge in [0, 0.05) is 24.1 Å². The van der Waals surface area contributed by atoms with Gasteiger partial charge in [-0.1, -0.05) is 0 Å². The van der Waals surface area contributed by atoms with Gasteiger partial charge in [-0.25, -0.2) is 8.42 Å². The van der Waals surface area contributed by atoms with Crippen LogP contribution < -0.4 is 14.8 Å². The van der Waals surface area contributed by atoms with Crippen LogP contribution in [0.1, 0.15) is 12.0 Å². The molecule has 138 valence electrons. The number of aryl methyl sites for hydroxylation is 1. The largest absolute Gasteiger partial charge is 0.456 e. The summed E-state index contributed by atoms with van der Waals surface area (Å²) in [5.74, 6) is 1.22. The highest BCUT2D eigenvalue weighted by Crippen LogP contribution is 2.27. The van der Waals surface area contributed by atoms with Gasteiger partial charge in [0.1, 0.15) is 11.5 Å². The maximum absolute atomic E-state index is 12.7. The van der Waals surface area contributed by atoms with Gasteiger partial charge >= 0.3 is 0 Å². The van der Waals surface area contributed by atoms with Crippen LogP contribution >= 0.6 is 0 Å². The molecule has 27 heavy (non-hydrogen) atoms. The Morgan fingerprint density at radius 2 is 1.89 bits per heavy atom. The number of nitrogens with one attached hydrogen (secondary N) is 2. The topological polar surface area (TPSA) is 80.3 Å². The summed E-state index contributed by atoms with van der Waals surface area (Å²) >= 11 is 0. The van der Waals surface area contributed by atoms with Crippen molar-refractivity contribution in [2.75, 3.05) is 16.6 Å². The molecule has 0 radical (unpaired) electrons. The van der Waals surface area contributed by atoms with Crippen molar-refractivity contribution < 1.29 is 13.2 Å². The number of fused-ring (bicyclic) bond motifs is 1. The number of sulfonamides is 1. The summed E-state index contributed by atoms with van der Waals surface area (Å²) in [6, 6.07) is 15.5. The molecule has 0 amide bonds. The van der Waals surface area contributed by atoms with E-state index in [-0.39, 0.29) is 4.90 Å². The summed E-state index contributed by atoms with van der Waals surface area (Å²) < 4.78 is 33.7. The second-order valence-electron chi connectivity index (χ2n) is 6.27. The van der Waals surface area contributed by atoms with Crippen molar-refractivity contribution in [1.82, 2.24) is 4.98 Å². The van der Waals surface area contributed by atoms with Crippen LogP contribution in [-0.4, -0.2) is 19.9 Å². The first-order valence-corrected chi connectivity index (χ1v) is 10.2. The molecule has 0 saturated carbocycles. The predicted octanol–water partition coefficient (Wildman–Crippen LogP) is 4.03. The summed E-state index contributed by atoms with van der Waals surface area (Å²) in [4.78, 5) is 4.25. The lowest BCUT2D eigenvalue weighted by Gasteiger charge is -2.19. The molecule has 2 aromatic carbocycles. The number of rotatable bonds is 5. The van der Waals surface area contributed by atoms with E-state index >= 15 is 0 Å². The highest BCUT2D eigenvalue weighted by molar-refractivity contribution is 7.92. The van der Waals surface area contributed by atoms with Crippen LogP contribution in [0.3, 0.4) is 0 Å². The molecule has 4 rings (SSSR count). The highest BCUT2D eigenvalue weighted by atomic mass is 32.2. The lowest BCUT2D eigenvalue weighted by molar-refractivity contribution is 0.480. The molecule has 2 N–H and O–H groups in total. The van der Waals surface area contributed by atoms with E-state index in [0.29, 0.717) is 17.2 Å². The fraction of sp³-hybridized carbons (Fsp3) is 0.150. The van der Waals surface area contributed by atoms with Gasteiger partial charge in [0.25, 0.3) is 10.0 Å². The molecule has 0 saturated heterocycles. The summed E-state index contributed by atoms with van der Waals surface area (Å²) in [6.45, 7) is 0.921. The Balaban J connectivity index is 1.49. The molecule has 1 aliphatic heterocycles. The summed E-state index contributed by atoms with van der Waals surface area (Å²) in [6.07, 6.45) is 5.16. The number of pyridine rings is 1. The molecule has 0 unspecified atom stereocenters. The average Bonchev–Trinajstić information content (AvgIpc) is 2.70. The van der Waals surface area contributed by atoms with E-state index in [4.69, 9.17) is 4.74 Å². The summed E-state index contributed by atoms with van der Waals surface area (Å²) in [5.41, 5.74) is 2.52. The van der Waals surface area contributed by atoms with Crippen LogP contribution in [0.5, 0.6) is 11.5 Å². The van der Waals surface area contributed by atoms with Gasteiger partial charge in [0.15, 0.2) is 0 Å². The van der Waals surface area contributed by atoms with Gasteiger partial charge in [-0.3, -0.25) is 9.71 Å². The minimum atomic E-state index is -3.65. The maximum atomic E-state index is 12.7. The van der Waals surface area contributed by atoms with E-state index in [1.807, 2.05) is 6.07 Å². The number of aromatic nitrogens is 1. The quantitative estimate of drug-likeness (QED) is 0.697. The number of benzene rings is 2. The monoisotopic (exact) mass is 381 g/mol. The van der Waals surface area contributed by atoms with E-state index < -0.39 is 10.0 Å². The van der Waals surface area contributed by atoms with Gasteiger partial charge in [-0.05, 0) is 73.0 Å². The molecule has 0 bridgehead atoms. The first kappa shape index (κ1) is 17.4. The Morgan fingerprint density at radius 3 is 2.67 bits per heavy atom. The standard InChI is InChI=1S/C20H19N3O3S/c24-27(25,19-9-10-20-15(13-19)3-1-12-22-20)23-16-5-7-17(8-6-16)26-18-4-2-11-21-14-18/h2,4-11,13-14,22-23H,1,3,12H2. The molecule has 7 heteroatoms. The number of hydrogen-bond donors (Lipinski definition) is 2. The number of nitrogens with zero attached hydrogens (tertiary/aromatic N) is 1. The molecular formula is C20H19N3O3S. The van der Waals surface area contributed by atoms with Crippen LogP contribution in [0, 0.1) is 0 Å². The van der Waals surface area contributed by atoms with E-state index in [0.717, 1.165) is 30.6 Å². The Morgan fingerprint density at radius 1 is 1.04 bits per heavy atom. The maximum Gasteiger partial charge on any atom is 0.261 e. The van der Waals surface area contributed by atoms with Gasteiger partial charge in [0.05, 0.1) is 11.1 Å². The van der Waals surface area contributed by atoms with Crippen LogP contribution in [0.4, 0.5) is 11.4 Å². The molecule has 2 heterocycles. The second-order valence-corrected chi connectivity index (χ2v) is 7.95. The van der Waals surface area contributed by atoms with Crippen LogP contribution in [-0.2, 0) is 16.4 Å². The van der Waals surface area contributed by atoms with Crippen molar-refractivity contribution in [1.29, 1.82) is 0 Å². The zero-order valence-corrected chi connectivity index (χ0v) is 15.4. The first-order chi connectivity index (χ1) is 13.1. The highest BCUT2D eigenvalue weighted by Gasteiger charge is 2.17. The third-order valence-electron chi connectivity index (χ3n) is 4.30. The van der Waals surface area contributed by atoms with Gasteiger partial charge in [-0.15, -0.1) is 0 Å². The molecule has 6 nitrogen and oxygen atoms in total. The van der Waals surface area contributed by atoms with Crippen molar-refractivity contribution in [2.24, 2.45) is 0 Å². The molecule has 0 spiro atoms. The van der Waals surface area contributed by atoms with E-state index in [2.05, 4.69) is 15.0 Å². The smallest absolute Gasteiger partial charge is 0.261 e. The van der Waals surface area contributed by atoms with Crippen molar-refractivity contribution in [3.05, 3.63) is 72.6 Å². The second kappa shape index (κ2) is 7.28. The lowest BCUT2D eigenvalue weighted by Crippen LogP contribution is -2.16. The Labute approximate surface area is 158 Å². The van der Waals surface area contributed by atoms with E-state index in [1.54, 1.807) is 60.9 Å². The zero-order chi connectivity index (χ0) is 18.7. The fourth-order valence-corrected chi connectivity index (χ4v) is 4.08. The molecular weight excluding hydrogens is 362 g/mol. The molecule has 0 atom stereocenters. The van der Waals surface area contributed by atoms with Crippen molar-refractivity contribution in [3.8, 4) is 11.5 Å². The first-order valence-electron chi connectivity index (χ1n) is 8.68. The van der Waals surface area contributed by atoms with Crippen LogP contribution in [0.2, 0.25) is 0 Å². The Hall–Kier alpha value is -3.06. The predicted molar refractivity (Wildman–Crippen MR) is 105 cm³/mol. The minimum absolute atomic E-state index is 0.264. The molecule has 0 fully saturated rings. The number of anilines is 2. The Bertz CT molecular complexity index is 1040. The SMILES string of the molecule is O=S(=O)(Nc1ccc(Oc2cccnc2)cc1)c1ccc2c(c1)CCCN2. The molecule has 1 aromatic heterocycles. The Kier molecular flexibility index (Phi) is 4.68. The van der Waals surface area contributed by atoms with E-state index in [1.165, 1.54) is 0 Å². The van der Waals surface area contributed by atoms with Crippen LogP contribution in [0.25, 0.3) is 0 Å². The average molecular weight is 381 g/mol. The van der Waals surface area contributed by atoms with Gasteiger partial charge in [-0.2, -0.15) is 0 Å². The van der Waals surface area contributed by atoms with Crippen molar-refractivity contribution >= 4 is 21.4 Å². The minimum Gasteiger partial charge on any atom is -0.456 e. The van der Waals surface area contributed by atoms with Crippen molar-refractivity contribution in [2.45, 2.75) is 17.7 Å². The van der Waals surface area contributed by atoms with Gasteiger partial charge < -0.3 is 10.1 Å². The summed E-state index contributed by atoms with van der Waals surface area (Å²) in [7, 11) is -3.65.